The van der Waals surface area contributed by atoms with Gasteiger partial charge in [-0.15, -0.1) is 0 Å². The molecule has 26 heavy (non-hydrogen) atoms. The Morgan fingerprint density at radius 1 is 1.23 bits per heavy atom. The number of ether oxygens (including phenoxy) is 3. The van der Waals surface area contributed by atoms with Crippen LogP contribution in [-0.2, 0) is 9.53 Å². The summed E-state index contributed by atoms with van der Waals surface area (Å²) in [6, 6.07) is 11.0. The summed E-state index contributed by atoms with van der Waals surface area (Å²) in [5.74, 6) is 0.875. The van der Waals surface area contributed by atoms with Gasteiger partial charge in [0.2, 0.25) is 0 Å². The normalized spacial score (nSPS) is 11.3. The monoisotopic (exact) mass is 372 g/mol. The molecule has 1 aromatic heterocycles. The number of hydrogen-bond donors (Lipinski definition) is 0. The van der Waals surface area contributed by atoms with Crippen molar-refractivity contribution in [2.24, 2.45) is 0 Å². The van der Waals surface area contributed by atoms with Gasteiger partial charge in [0, 0.05) is 5.56 Å². The molecule has 0 spiro atoms. The van der Waals surface area contributed by atoms with Crippen LogP contribution in [0.4, 0.5) is 0 Å². The molecule has 1 atom stereocenters. The third-order valence-electron chi connectivity index (χ3n) is 3.57. The van der Waals surface area contributed by atoms with Gasteiger partial charge >= 0.3 is 5.97 Å². The summed E-state index contributed by atoms with van der Waals surface area (Å²) in [6.07, 6.45) is 0. The molecule has 1 unspecified atom stereocenters. The smallest absolute Gasteiger partial charge is 0.319 e. The van der Waals surface area contributed by atoms with E-state index in [4.69, 9.17) is 14.2 Å². The van der Waals surface area contributed by atoms with Crippen molar-refractivity contribution in [2.45, 2.75) is 24.1 Å². The van der Waals surface area contributed by atoms with Crippen LogP contribution >= 0.6 is 11.8 Å². The fourth-order valence-electron chi connectivity index (χ4n) is 2.25. The molecule has 0 bridgehead atoms. The molecule has 1 aromatic carbocycles. The number of pyridine rings is 1. The number of hydrogen-bond acceptors (Lipinski definition) is 7. The van der Waals surface area contributed by atoms with Crippen molar-refractivity contribution in [2.75, 3.05) is 20.8 Å². The van der Waals surface area contributed by atoms with Crippen LogP contribution in [0.25, 0.3) is 11.3 Å². The van der Waals surface area contributed by atoms with E-state index in [9.17, 15) is 10.1 Å². The van der Waals surface area contributed by atoms with E-state index in [0.29, 0.717) is 34.4 Å². The zero-order chi connectivity index (χ0) is 19.1. The zero-order valence-corrected chi connectivity index (χ0v) is 15.9. The lowest BCUT2D eigenvalue weighted by Gasteiger charge is -2.13. The topological polar surface area (TPSA) is 81.4 Å². The third-order valence-corrected chi connectivity index (χ3v) is 4.65. The lowest BCUT2D eigenvalue weighted by atomic mass is 10.1. The van der Waals surface area contributed by atoms with Crippen LogP contribution in [0.5, 0.6) is 11.5 Å². The summed E-state index contributed by atoms with van der Waals surface area (Å²) in [5.41, 5.74) is 1.90. The van der Waals surface area contributed by atoms with Crippen molar-refractivity contribution in [1.82, 2.24) is 4.98 Å². The van der Waals surface area contributed by atoms with E-state index in [1.807, 2.05) is 12.1 Å². The molecule has 0 aliphatic rings. The Morgan fingerprint density at radius 3 is 2.58 bits per heavy atom. The molecule has 7 heteroatoms. The Balaban J connectivity index is 2.38. The maximum Gasteiger partial charge on any atom is 0.319 e. The van der Waals surface area contributed by atoms with Gasteiger partial charge in [-0.3, -0.25) is 4.79 Å². The first-order chi connectivity index (χ1) is 12.5. The van der Waals surface area contributed by atoms with Gasteiger partial charge < -0.3 is 14.2 Å². The molecule has 0 amide bonds. The fraction of sp³-hybridized carbons (Fsp3) is 0.316. The van der Waals surface area contributed by atoms with Crippen LogP contribution < -0.4 is 9.47 Å². The molecular weight excluding hydrogens is 352 g/mol. The summed E-state index contributed by atoms with van der Waals surface area (Å²) in [5, 5.41) is 9.35. The first-order valence-corrected chi connectivity index (χ1v) is 8.88. The van der Waals surface area contributed by atoms with Crippen molar-refractivity contribution >= 4 is 17.7 Å². The standard InChI is InChI=1S/C19H20N2O4S/c1-5-25-19(22)12(2)26-18-14(11-20)6-8-15(21-18)13-7-9-16(23-3)17(10-13)24-4/h6-10,12H,5H2,1-4H3. The van der Waals surface area contributed by atoms with E-state index in [1.165, 1.54) is 11.8 Å². The van der Waals surface area contributed by atoms with Gasteiger partial charge in [-0.1, -0.05) is 11.8 Å². The van der Waals surface area contributed by atoms with Crippen LogP contribution in [-0.4, -0.2) is 37.0 Å². The predicted octanol–water partition coefficient (Wildman–Crippen LogP) is 3.68. The zero-order valence-electron chi connectivity index (χ0n) is 15.1. The van der Waals surface area contributed by atoms with Gasteiger partial charge in [-0.2, -0.15) is 5.26 Å². The predicted molar refractivity (Wildman–Crippen MR) is 99.4 cm³/mol. The molecular formula is C19H20N2O4S. The fourth-order valence-corrected chi connectivity index (χ4v) is 3.14. The molecule has 6 nitrogen and oxygen atoms in total. The first-order valence-electron chi connectivity index (χ1n) is 8.00. The van der Waals surface area contributed by atoms with E-state index >= 15 is 0 Å². The quantitative estimate of drug-likeness (QED) is 0.541. The number of carbonyl (C=O) groups is 1. The number of thioether (sulfide) groups is 1. The molecule has 0 aliphatic heterocycles. The Bertz CT molecular complexity index is 833. The molecule has 1 heterocycles. The van der Waals surface area contributed by atoms with E-state index in [1.54, 1.807) is 46.3 Å². The van der Waals surface area contributed by atoms with Gasteiger partial charge in [0.15, 0.2) is 11.5 Å². The maximum absolute atomic E-state index is 11.9. The van der Waals surface area contributed by atoms with Crippen LogP contribution in [0.1, 0.15) is 19.4 Å². The van der Waals surface area contributed by atoms with Crippen molar-refractivity contribution < 1.29 is 19.0 Å². The first kappa shape index (κ1) is 19.6. The van der Waals surface area contributed by atoms with E-state index in [0.717, 1.165) is 5.56 Å². The van der Waals surface area contributed by atoms with Crippen LogP contribution in [0.3, 0.4) is 0 Å². The minimum atomic E-state index is -0.463. The Kier molecular flexibility index (Phi) is 6.87. The highest BCUT2D eigenvalue weighted by molar-refractivity contribution is 8.00. The highest BCUT2D eigenvalue weighted by Gasteiger charge is 2.19. The number of aromatic nitrogens is 1. The highest BCUT2D eigenvalue weighted by Crippen LogP contribution is 2.33. The maximum atomic E-state index is 11.9. The second-order valence-electron chi connectivity index (χ2n) is 5.24. The molecule has 0 aliphatic carbocycles. The van der Waals surface area contributed by atoms with Crippen molar-refractivity contribution in [3.8, 4) is 28.8 Å². The van der Waals surface area contributed by atoms with E-state index < -0.39 is 5.25 Å². The molecule has 136 valence electrons. The molecule has 2 aromatic rings. The average molecular weight is 372 g/mol. The number of rotatable bonds is 7. The average Bonchev–Trinajstić information content (AvgIpc) is 2.67. The molecule has 0 saturated carbocycles. The lowest BCUT2D eigenvalue weighted by Crippen LogP contribution is -2.17. The van der Waals surface area contributed by atoms with Crippen molar-refractivity contribution in [1.29, 1.82) is 5.26 Å². The number of nitriles is 1. The molecule has 0 fully saturated rings. The summed E-state index contributed by atoms with van der Waals surface area (Å²) < 4.78 is 15.6. The lowest BCUT2D eigenvalue weighted by molar-refractivity contribution is -0.142. The molecule has 0 radical (unpaired) electrons. The Hall–Kier alpha value is -2.72. The Labute approximate surface area is 157 Å². The van der Waals surface area contributed by atoms with E-state index in [-0.39, 0.29) is 5.97 Å². The summed E-state index contributed by atoms with van der Waals surface area (Å²) in [4.78, 5) is 16.4. The highest BCUT2D eigenvalue weighted by atomic mass is 32.2. The molecule has 2 rings (SSSR count). The molecule has 0 N–H and O–H groups in total. The largest absolute Gasteiger partial charge is 0.493 e. The van der Waals surface area contributed by atoms with Gasteiger partial charge in [0.25, 0.3) is 0 Å². The van der Waals surface area contributed by atoms with E-state index in [2.05, 4.69) is 11.1 Å². The van der Waals surface area contributed by atoms with Crippen molar-refractivity contribution in [3.05, 3.63) is 35.9 Å². The molecule has 0 saturated heterocycles. The number of carbonyl (C=O) groups excluding carboxylic acids is 1. The summed E-state index contributed by atoms with van der Waals surface area (Å²) in [7, 11) is 3.14. The number of esters is 1. The van der Waals surface area contributed by atoms with Gasteiger partial charge in [0.1, 0.15) is 16.3 Å². The summed E-state index contributed by atoms with van der Waals surface area (Å²) >= 11 is 1.21. The minimum Gasteiger partial charge on any atom is -0.493 e. The van der Waals surface area contributed by atoms with Gasteiger partial charge in [-0.05, 0) is 44.2 Å². The third kappa shape index (κ3) is 4.46. The SMILES string of the molecule is CCOC(=O)C(C)Sc1nc(-c2ccc(OC)c(OC)c2)ccc1C#N. The number of benzene rings is 1. The van der Waals surface area contributed by atoms with Crippen molar-refractivity contribution in [3.63, 3.8) is 0 Å². The number of nitrogens with zero attached hydrogens (tertiary/aromatic N) is 2. The summed E-state index contributed by atoms with van der Waals surface area (Å²) in [6.45, 7) is 3.80. The van der Waals surface area contributed by atoms with Crippen LogP contribution in [0.15, 0.2) is 35.4 Å². The minimum absolute atomic E-state index is 0.313. The van der Waals surface area contributed by atoms with Crippen LogP contribution in [0, 0.1) is 11.3 Å². The second kappa shape index (κ2) is 9.11. The Morgan fingerprint density at radius 2 is 1.96 bits per heavy atom. The number of methoxy groups -OCH3 is 2. The second-order valence-corrected chi connectivity index (χ2v) is 6.57. The van der Waals surface area contributed by atoms with Gasteiger partial charge in [0.05, 0.1) is 32.1 Å². The van der Waals surface area contributed by atoms with Crippen LogP contribution in [0.2, 0.25) is 0 Å². The van der Waals surface area contributed by atoms with Gasteiger partial charge in [-0.25, -0.2) is 4.98 Å².